The molecule has 0 aliphatic carbocycles. The summed E-state index contributed by atoms with van der Waals surface area (Å²) in [6.07, 6.45) is -3.66. The van der Waals surface area contributed by atoms with E-state index in [1.807, 2.05) is 0 Å². The number of alkyl halides is 3. The Hall–Kier alpha value is -2.08. The maximum Gasteiger partial charge on any atom is 0.416 e. The highest BCUT2D eigenvalue weighted by atomic mass is 35.5. The van der Waals surface area contributed by atoms with E-state index < -0.39 is 22.6 Å². The lowest BCUT2D eigenvalue weighted by molar-refractivity contribution is -0.137. The van der Waals surface area contributed by atoms with Crippen LogP contribution in [0.4, 0.5) is 23.2 Å². The quantitative estimate of drug-likeness (QED) is 0.484. The van der Waals surface area contributed by atoms with Crippen LogP contribution in [0.15, 0.2) is 47.6 Å². The first kappa shape index (κ1) is 15.3. The number of rotatable bonds is 3. The first-order valence-corrected chi connectivity index (χ1v) is 6.16. The van der Waals surface area contributed by atoms with Crippen molar-refractivity contribution in [3.05, 3.63) is 64.4 Å². The molecule has 110 valence electrons. The van der Waals surface area contributed by atoms with Crippen molar-refractivity contribution in [1.82, 2.24) is 0 Å². The average molecular weight is 317 g/mol. The van der Waals surface area contributed by atoms with E-state index in [9.17, 15) is 17.6 Å². The van der Waals surface area contributed by atoms with Gasteiger partial charge in [0.1, 0.15) is 0 Å². The maximum absolute atomic E-state index is 13.7. The van der Waals surface area contributed by atoms with Crippen LogP contribution in [-0.4, -0.2) is 6.21 Å². The van der Waals surface area contributed by atoms with Gasteiger partial charge in [0.05, 0.1) is 22.5 Å². The molecule has 0 unspecified atom stereocenters. The Balaban J connectivity index is 2.25. The summed E-state index contributed by atoms with van der Waals surface area (Å²) in [5, 5.41) is 3.09. The van der Waals surface area contributed by atoms with Gasteiger partial charge in [-0.2, -0.15) is 18.3 Å². The van der Waals surface area contributed by atoms with E-state index in [0.717, 1.165) is 6.21 Å². The summed E-state index contributed by atoms with van der Waals surface area (Å²) in [5.74, 6) is -0.955. The maximum atomic E-state index is 13.7. The zero-order chi connectivity index (χ0) is 15.5. The summed E-state index contributed by atoms with van der Waals surface area (Å²) < 4.78 is 51.6. The molecular formula is C14H9ClF4N2. The van der Waals surface area contributed by atoms with Crippen LogP contribution >= 0.6 is 11.6 Å². The van der Waals surface area contributed by atoms with Gasteiger partial charge in [-0.3, -0.25) is 5.43 Å². The highest BCUT2D eigenvalue weighted by molar-refractivity contribution is 6.31. The molecule has 2 aromatic carbocycles. The van der Waals surface area contributed by atoms with Crippen molar-refractivity contribution in [2.24, 2.45) is 5.10 Å². The number of halogens is 5. The van der Waals surface area contributed by atoms with E-state index in [1.54, 1.807) is 30.3 Å². The summed E-state index contributed by atoms with van der Waals surface area (Å²) in [5.41, 5.74) is 1.81. The second-order valence-electron chi connectivity index (χ2n) is 4.10. The number of benzene rings is 2. The molecule has 1 N–H and O–H groups in total. The van der Waals surface area contributed by atoms with Crippen LogP contribution in [0.5, 0.6) is 0 Å². The van der Waals surface area contributed by atoms with Gasteiger partial charge in [-0.1, -0.05) is 29.8 Å². The Bertz CT molecular complexity index is 654. The predicted octanol–water partition coefficient (Wildman–Crippen LogP) is 4.94. The SMILES string of the molecule is Fc1c(Cl)cc(C(F)(F)F)cc1C=NNc1ccccc1. The monoisotopic (exact) mass is 316 g/mol. The van der Waals surface area contributed by atoms with Gasteiger partial charge in [0.15, 0.2) is 5.82 Å². The van der Waals surface area contributed by atoms with Crippen LogP contribution in [0.1, 0.15) is 11.1 Å². The molecule has 2 aromatic rings. The van der Waals surface area contributed by atoms with Crippen molar-refractivity contribution in [3.63, 3.8) is 0 Å². The molecular weight excluding hydrogens is 308 g/mol. The van der Waals surface area contributed by atoms with Gasteiger partial charge in [-0.15, -0.1) is 0 Å². The molecule has 0 aromatic heterocycles. The van der Waals surface area contributed by atoms with Crippen LogP contribution < -0.4 is 5.43 Å². The molecule has 0 heterocycles. The molecule has 0 atom stereocenters. The average Bonchev–Trinajstić information content (AvgIpc) is 2.43. The fourth-order valence-electron chi connectivity index (χ4n) is 1.56. The zero-order valence-corrected chi connectivity index (χ0v) is 11.2. The van der Waals surface area contributed by atoms with E-state index in [4.69, 9.17) is 11.6 Å². The normalized spacial score (nSPS) is 11.9. The third kappa shape index (κ3) is 3.95. The summed E-state index contributed by atoms with van der Waals surface area (Å²) in [7, 11) is 0. The van der Waals surface area contributed by atoms with Crippen molar-refractivity contribution in [1.29, 1.82) is 0 Å². The molecule has 2 nitrogen and oxygen atoms in total. The molecule has 2 rings (SSSR count). The Morgan fingerprint density at radius 1 is 1.10 bits per heavy atom. The molecule has 0 saturated heterocycles. The first-order valence-electron chi connectivity index (χ1n) is 5.78. The van der Waals surface area contributed by atoms with E-state index in [-0.39, 0.29) is 5.56 Å². The number of nitrogens with zero attached hydrogens (tertiary/aromatic N) is 1. The summed E-state index contributed by atoms with van der Waals surface area (Å²) >= 11 is 5.46. The minimum Gasteiger partial charge on any atom is -0.279 e. The summed E-state index contributed by atoms with van der Waals surface area (Å²) in [4.78, 5) is 0. The number of hydrazone groups is 1. The minimum atomic E-state index is -4.60. The molecule has 0 aliphatic heterocycles. The third-order valence-corrected chi connectivity index (χ3v) is 2.83. The Labute approximate surface area is 123 Å². The molecule has 0 spiro atoms. The molecule has 0 radical (unpaired) electrons. The number of nitrogens with one attached hydrogen (secondary N) is 1. The highest BCUT2D eigenvalue weighted by Gasteiger charge is 2.32. The summed E-state index contributed by atoms with van der Waals surface area (Å²) in [6.45, 7) is 0. The lowest BCUT2D eigenvalue weighted by Gasteiger charge is -2.09. The van der Waals surface area contributed by atoms with Gasteiger partial charge in [-0.25, -0.2) is 4.39 Å². The van der Waals surface area contributed by atoms with Gasteiger partial charge < -0.3 is 0 Å². The van der Waals surface area contributed by atoms with Crippen molar-refractivity contribution in [2.45, 2.75) is 6.18 Å². The van der Waals surface area contributed by atoms with Crippen LogP contribution in [0.2, 0.25) is 5.02 Å². The lowest BCUT2D eigenvalue weighted by atomic mass is 10.1. The summed E-state index contributed by atoms with van der Waals surface area (Å²) in [6, 6.07) is 9.89. The Kier molecular flexibility index (Phi) is 4.47. The fourth-order valence-corrected chi connectivity index (χ4v) is 1.78. The van der Waals surface area contributed by atoms with Crippen molar-refractivity contribution < 1.29 is 17.6 Å². The predicted molar refractivity (Wildman–Crippen MR) is 74.1 cm³/mol. The van der Waals surface area contributed by atoms with Crippen LogP contribution in [-0.2, 0) is 6.18 Å². The van der Waals surface area contributed by atoms with Crippen molar-refractivity contribution >= 4 is 23.5 Å². The van der Waals surface area contributed by atoms with Crippen LogP contribution in [0.25, 0.3) is 0 Å². The molecule has 0 amide bonds. The second-order valence-corrected chi connectivity index (χ2v) is 4.50. The highest BCUT2D eigenvalue weighted by Crippen LogP contribution is 2.33. The molecule has 0 bridgehead atoms. The number of hydrogen-bond acceptors (Lipinski definition) is 2. The van der Waals surface area contributed by atoms with Crippen molar-refractivity contribution in [2.75, 3.05) is 5.43 Å². The van der Waals surface area contributed by atoms with Gasteiger partial charge >= 0.3 is 6.18 Å². The van der Waals surface area contributed by atoms with E-state index in [1.165, 1.54) is 0 Å². The minimum absolute atomic E-state index is 0.349. The number of hydrogen-bond donors (Lipinski definition) is 1. The van der Waals surface area contributed by atoms with Crippen molar-refractivity contribution in [3.8, 4) is 0 Å². The molecule has 0 fully saturated rings. The van der Waals surface area contributed by atoms with Gasteiger partial charge in [0.25, 0.3) is 0 Å². The Morgan fingerprint density at radius 2 is 1.76 bits per heavy atom. The fraction of sp³-hybridized carbons (Fsp3) is 0.0714. The topological polar surface area (TPSA) is 24.4 Å². The number of anilines is 1. The van der Waals surface area contributed by atoms with Crippen LogP contribution in [0, 0.1) is 5.82 Å². The molecule has 21 heavy (non-hydrogen) atoms. The van der Waals surface area contributed by atoms with Gasteiger partial charge in [0.2, 0.25) is 0 Å². The lowest BCUT2D eigenvalue weighted by Crippen LogP contribution is -2.07. The smallest absolute Gasteiger partial charge is 0.279 e. The van der Waals surface area contributed by atoms with Crippen LogP contribution in [0.3, 0.4) is 0 Å². The van der Waals surface area contributed by atoms with E-state index in [2.05, 4.69) is 10.5 Å². The largest absolute Gasteiger partial charge is 0.416 e. The van der Waals surface area contributed by atoms with Gasteiger partial charge in [0, 0.05) is 5.56 Å². The van der Waals surface area contributed by atoms with Gasteiger partial charge in [-0.05, 0) is 24.3 Å². The van der Waals surface area contributed by atoms with E-state index >= 15 is 0 Å². The standard InChI is InChI=1S/C14H9ClF4N2/c15-12-7-10(14(17,18)19)6-9(13(12)16)8-20-21-11-4-2-1-3-5-11/h1-8,21H. The first-order chi connectivity index (χ1) is 9.88. The third-order valence-electron chi connectivity index (χ3n) is 2.55. The molecule has 0 aliphatic rings. The molecule has 0 saturated carbocycles. The zero-order valence-electron chi connectivity index (χ0n) is 10.5. The number of para-hydroxylation sites is 1. The second kappa shape index (κ2) is 6.13. The van der Waals surface area contributed by atoms with E-state index in [0.29, 0.717) is 17.8 Å². The molecule has 7 heteroatoms. The Morgan fingerprint density at radius 3 is 2.38 bits per heavy atom.